The Hall–Kier alpha value is -4.33. The van der Waals surface area contributed by atoms with Gasteiger partial charge in [0.1, 0.15) is 0 Å². The Balaban J connectivity index is 1.41. The summed E-state index contributed by atoms with van der Waals surface area (Å²) in [5.41, 5.74) is 6.36. The van der Waals surface area contributed by atoms with Crippen LogP contribution in [0.5, 0.6) is 5.75 Å². The smallest absolute Gasteiger partial charge is 0.294 e. The van der Waals surface area contributed by atoms with Crippen LogP contribution in [-0.4, -0.2) is 31.3 Å². The average molecular weight is 387 g/mol. The molecular formula is C21H17N5O3. The Morgan fingerprint density at radius 3 is 2.14 bits per heavy atom. The molecule has 8 heteroatoms. The lowest BCUT2D eigenvalue weighted by Crippen LogP contribution is -2.41. The summed E-state index contributed by atoms with van der Waals surface area (Å²) in [5, 5.41) is 14.1. The Morgan fingerprint density at radius 1 is 0.793 bits per heavy atom. The number of aromatic hydroxyl groups is 1. The minimum Gasteiger partial charge on any atom is -0.504 e. The Labute approximate surface area is 166 Å². The minimum absolute atomic E-state index is 0.197. The van der Waals surface area contributed by atoms with Crippen molar-refractivity contribution in [2.45, 2.75) is 0 Å². The second kappa shape index (κ2) is 7.73. The first-order valence-electron chi connectivity index (χ1n) is 8.80. The number of hydrazine groups is 1. The fraction of sp³-hybridized carbons (Fsp3) is 0. The molecule has 0 fully saturated rings. The van der Waals surface area contributed by atoms with Crippen molar-refractivity contribution in [3.63, 3.8) is 0 Å². The van der Waals surface area contributed by atoms with Gasteiger partial charge in [-0.3, -0.25) is 20.4 Å². The lowest BCUT2D eigenvalue weighted by Gasteiger charge is -2.08. The number of hydrogen-bond acceptors (Lipinski definition) is 4. The first-order chi connectivity index (χ1) is 14.1. The van der Waals surface area contributed by atoms with Gasteiger partial charge in [-0.05, 0) is 48.5 Å². The van der Waals surface area contributed by atoms with E-state index in [4.69, 9.17) is 0 Å². The lowest BCUT2D eigenvalue weighted by molar-refractivity contribution is 0.0842. The standard InChI is InChI=1S/C21H17N5O3/c27-18-14-26(17-6-2-1-3-7-17)24-19(18)21(29)23-22-20(28)15-8-10-16(11-9-15)25-12-4-5-13-25/h1-14,27H,(H,22,28)(H,23,29). The summed E-state index contributed by atoms with van der Waals surface area (Å²) >= 11 is 0. The topological polar surface area (TPSA) is 101 Å². The van der Waals surface area contributed by atoms with Gasteiger partial charge >= 0.3 is 0 Å². The molecule has 4 rings (SSSR count). The van der Waals surface area contributed by atoms with Gasteiger partial charge in [0, 0.05) is 23.6 Å². The van der Waals surface area contributed by atoms with Gasteiger partial charge < -0.3 is 9.67 Å². The number of rotatable bonds is 4. The van der Waals surface area contributed by atoms with Gasteiger partial charge in [0.05, 0.1) is 11.9 Å². The van der Waals surface area contributed by atoms with Crippen LogP contribution in [0, 0.1) is 0 Å². The highest BCUT2D eigenvalue weighted by molar-refractivity contribution is 5.99. The van der Waals surface area contributed by atoms with E-state index in [1.54, 1.807) is 36.4 Å². The SMILES string of the molecule is O=C(NNC(=O)c1nn(-c2ccccc2)cc1O)c1ccc(-n2cccc2)cc1. The van der Waals surface area contributed by atoms with E-state index < -0.39 is 11.8 Å². The third kappa shape index (κ3) is 3.86. The Kier molecular flexibility index (Phi) is 4.81. The lowest BCUT2D eigenvalue weighted by atomic mass is 10.2. The molecule has 0 saturated carbocycles. The minimum atomic E-state index is -0.727. The van der Waals surface area contributed by atoms with Crippen LogP contribution in [0.1, 0.15) is 20.8 Å². The fourth-order valence-corrected chi connectivity index (χ4v) is 2.78. The predicted octanol–water partition coefficient (Wildman–Crippen LogP) is 2.44. The summed E-state index contributed by atoms with van der Waals surface area (Å²) in [4.78, 5) is 24.6. The first-order valence-corrected chi connectivity index (χ1v) is 8.80. The summed E-state index contributed by atoms with van der Waals surface area (Å²) in [6, 6.07) is 19.8. The number of para-hydroxylation sites is 1. The van der Waals surface area contributed by atoms with Crippen LogP contribution in [0.2, 0.25) is 0 Å². The van der Waals surface area contributed by atoms with Gasteiger partial charge in [0.15, 0.2) is 11.4 Å². The second-order valence-corrected chi connectivity index (χ2v) is 6.19. The van der Waals surface area contributed by atoms with Crippen molar-refractivity contribution in [3.05, 3.63) is 96.6 Å². The molecule has 2 heterocycles. The Morgan fingerprint density at radius 2 is 1.45 bits per heavy atom. The molecule has 0 unspecified atom stereocenters. The fourth-order valence-electron chi connectivity index (χ4n) is 2.78. The van der Waals surface area contributed by atoms with Crippen molar-refractivity contribution >= 4 is 11.8 Å². The van der Waals surface area contributed by atoms with Gasteiger partial charge in [-0.25, -0.2) is 4.68 Å². The van der Waals surface area contributed by atoms with E-state index in [-0.39, 0.29) is 11.4 Å². The molecule has 4 aromatic rings. The van der Waals surface area contributed by atoms with Crippen LogP contribution in [0.25, 0.3) is 11.4 Å². The van der Waals surface area contributed by atoms with Crippen LogP contribution in [-0.2, 0) is 0 Å². The van der Waals surface area contributed by atoms with Gasteiger partial charge in [-0.2, -0.15) is 5.10 Å². The van der Waals surface area contributed by atoms with Gasteiger partial charge in [0.25, 0.3) is 11.8 Å². The number of amides is 2. The quantitative estimate of drug-likeness (QED) is 0.468. The highest BCUT2D eigenvalue weighted by atomic mass is 16.3. The molecule has 3 N–H and O–H groups in total. The number of nitrogens with one attached hydrogen (secondary N) is 2. The van der Waals surface area contributed by atoms with E-state index in [9.17, 15) is 14.7 Å². The van der Waals surface area contributed by atoms with Crippen molar-refractivity contribution < 1.29 is 14.7 Å². The Bertz CT molecular complexity index is 1130. The molecule has 144 valence electrons. The van der Waals surface area contributed by atoms with Gasteiger partial charge in [-0.1, -0.05) is 18.2 Å². The molecule has 0 aliphatic carbocycles. The van der Waals surface area contributed by atoms with Crippen molar-refractivity contribution in [1.29, 1.82) is 0 Å². The molecule has 0 saturated heterocycles. The first kappa shape index (κ1) is 18.1. The molecule has 0 aliphatic rings. The molecule has 8 nitrogen and oxygen atoms in total. The second-order valence-electron chi connectivity index (χ2n) is 6.19. The van der Waals surface area contributed by atoms with E-state index in [0.29, 0.717) is 11.3 Å². The van der Waals surface area contributed by atoms with Crippen LogP contribution in [0.4, 0.5) is 0 Å². The molecule has 0 radical (unpaired) electrons. The molecule has 0 atom stereocenters. The summed E-state index contributed by atoms with van der Waals surface area (Å²) in [6.07, 6.45) is 5.12. The molecular weight excluding hydrogens is 370 g/mol. The summed E-state index contributed by atoms with van der Waals surface area (Å²) in [5.74, 6) is -1.51. The van der Waals surface area contributed by atoms with Crippen molar-refractivity contribution in [3.8, 4) is 17.1 Å². The highest BCUT2D eigenvalue weighted by Gasteiger charge is 2.18. The summed E-state index contributed by atoms with van der Waals surface area (Å²) in [7, 11) is 0. The predicted molar refractivity (Wildman–Crippen MR) is 106 cm³/mol. The van der Waals surface area contributed by atoms with E-state index in [2.05, 4.69) is 16.0 Å². The normalized spacial score (nSPS) is 10.5. The zero-order valence-electron chi connectivity index (χ0n) is 15.2. The van der Waals surface area contributed by atoms with Crippen LogP contribution in [0.3, 0.4) is 0 Å². The number of carbonyl (C=O) groups excluding carboxylic acids is 2. The van der Waals surface area contributed by atoms with E-state index in [1.165, 1.54) is 10.9 Å². The number of carbonyl (C=O) groups is 2. The van der Waals surface area contributed by atoms with Crippen LogP contribution in [0.15, 0.2) is 85.3 Å². The number of benzene rings is 2. The monoisotopic (exact) mass is 387 g/mol. The van der Waals surface area contributed by atoms with Gasteiger partial charge in [0.2, 0.25) is 0 Å². The highest BCUT2D eigenvalue weighted by Crippen LogP contribution is 2.17. The molecule has 2 aromatic carbocycles. The third-order valence-corrected chi connectivity index (χ3v) is 4.25. The molecule has 0 spiro atoms. The number of aromatic nitrogens is 3. The van der Waals surface area contributed by atoms with Crippen molar-refractivity contribution in [1.82, 2.24) is 25.2 Å². The summed E-state index contributed by atoms with van der Waals surface area (Å²) < 4.78 is 3.29. The van der Waals surface area contributed by atoms with Crippen molar-refractivity contribution in [2.24, 2.45) is 0 Å². The molecule has 2 aromatic heterocycles. The zero-order chi connectivity index (χ0) is 20.2. The van der Waals surface area contributed by atoms with E-state index >= 15 is 0 Å². The number of hydrogen-bond donors (Lipinski definition) is 3. The van der Waals surface area contributed by atoms with Crippen molar-refractivity contribution in [2.75, 3.05) is 0 Å². The van der Waals surface area contributed by atoms with E-state index in [1.807, 2.05) is 47.3 Å². The zero-order valence-corrected chi connectivity index (χ0v) is 15.2. The average Bonchev–Trinajstić information content (AvgIpc) is 3.43. The maximum absolute atomic E-state index is 12.3. The molecule has 0 bridgehead atoms. The maximum atomic E-state index is 12.3. The third-order valence-electron chi connectivity index (χ3n) is 4.25. The molecule has 2 amide bonds. The molecule has 0 aliphatic heterocycles. The van der Waals surface area contributed by atoms with Gasteiger partial charge in [-0.15, -0.1) is 0 Å². The van der Waals surface area contributed by atoms with Crippen LogP contribution < -0.4 is 10.9 Å². The largest absolute Gasteiger partial charge is 0.504 e. The molecule has 29 heavy (non-hydrogen) atoms. The maximum Gasteiger partial charge on any atom is 0.294 e. The summed E-state index contributed by atoms with van der Waals surface area (Å²) in [6.45, 7) is 0. The van der Waals surface area contributed by atoms with E-state index in [0.717, 1.165) is 5.69 Å². The number of nitrogens with zero attached hydrogens (tertiary/aromatic N) is 3. The van der Waals surface area contributed by atoms with Crippen LogP contribution >= 0.6 is 0 Å².